The average molecular weight is 489 g/mol. The van der Waals surface area contributed by atoms with Gasteiger partial charge in [0.25, 0.3) is 10.0 Å². The molecule has 0 saturated carbocycles. The Morgan fingerprint density at radius 3 is 2.45 bits per heavy atom. The lowest BCUT2D eigenvalue weighted by atomic mass is 10.2. The fraction of sp³-hybridized carbons (Fsp3) is 0.368. The number of rotatable bonds is 7. The molecule has 1 heterocycles. The summed E-state index contributed by atoms with van der Waals surface area (Å²) in [6.07, 6.45) is 0.645. The van der Waals surface area contributed by atoms with Gasteiger partial charge in [-0.05, 0) is 47.6 Å². The van der Waals surface area contributed by atoms with E-state index in [9.17, 15) is 12.8 Å². The predicted molar refractivity (Wildman–Crippen MR) is 111 cm³/mol. The Labute approximate surface area is 177 Å². The fourth-order valence-electron chi connectivity index (χ4n) is 3.08. The number of methoxy groups -OCH3 is 2. The van der Waals surface area contributed by atoms with Crippen LogP contribution in [0.2, 0.25) is 0 Å². The van der Waals surface area contributed by atoms with Crippen LogP contribution in [0.15, 0.2) is 39.7 Å². The number of nitrogens with one attached hydrogen (secondary N) is 1. The molecule has 3 rings (SSSR count). The Morgan fingerprint density at radius 1 is 1.14 bits per heavy atom. The molecule has 1 aliphatic heterocycles. The molecule has 0 unspecified atom stereocenters. The summed E-state index contributed by atoms with van der Waals surface area (Å²) in [7, 11) is 0.851. The highest BCUT2D eigenvalue weighted by atomic mass is 79.9. The first-order valence-electron chi connectivity index (χ1n) is 8.82. The van der Waals surface area contributed by atoms with E-state index in [4.69, 9.17) is 14.2 Å². The smallest absolute Gasteiger partial charge is 0.263 e. The predicted octanol–water partition coefficient (Wildman–Crippen LogP) is 3.49. The summed E-state index contributed by atoms with van der Waals surface area (Å²) in [6.45, 7) is 1.56. The van der Waals surface area contributed by atoms with E-state index in [0.717, 1.165) is 13.0 Å². The molecule has 1 aliphatic rings. The van der Waals surface area contributed by atoms with Gasteiger partial charge < -0.3 is 19.1 Å². The monoisotopic (exact) mass is 488 g/mol. The van der Waals surface area contributed by atoms with E-state index in [0.29, 0.717) is 16.8 Å². The third kappa shape index (κ3) is 4.93. The second-order valence-corrected chi connectivity index (χ2v) is 9.18. The SMILES string of the molecule is COc1cc(Br)c(S(=O)(=O)Nc2ccc(F)c(O[C@@H]3CCN(C)C3)c2)cc1OC. The van der Waals surface area contributed by atoms with Crippen LogP contribution in [0.5, 0.6) is 17.2 Å². The molecule has 7 nitrogen and oxygen atoms in total. The number of sulfonamides is 1. The molecule has 0 aliphatic carbocycles. The van der Waals surface area contributed by atoms with Gasteiger partial charge in [-0.15, -0.1) is 0 Å². The van der Waals surface area contributed by atoms with E-state index in [1.807, 2.05) is 7.05 Å². The van der Waals surface area contributed by atoms with Gasteiger partial charge in [0.1, 0.15) is 11.0 Å². The molecule has 2 aromatic carbocycles. The zero-order chi connectivity index (χ0) is 21.2. The lowest BCUT2D eigenvalue weighted by molar-refractivity contribution is 0.199. The molecule has 158 valence electrons. The van der Waals surface area contributed by atoms with Crippen molar-refractivity contribution in [2.45, 2.75) is 17.4 Å². The Hall–Kier alpha value is -2.04. The molecule has 0 spiro atoms. The van der Waals surface area contributed by atoms with E-state index in [1.165, 1.54) is 44.6 Å². The van der Waals surface area contributed by atoms with Crippen LogP contribution < -0.4 is 18.9 Å². The molecule has 29 heavy (non-hydrogen) atoms. The number of anilines is 1. The van der Waals surface area contributed by atoms with Crippen molar-refractivity contribution in [1.82, 2.24) is 4.90 Å². The van der Waals surface area contributed by atoms with Crippen LogP contribution in [0, 0.1) is 5.82 Å². The van der Waals surface area contributed by atoms with Crippen molar-refractivity contribution < 1.29 is 27.0 Å². The lowest BCUT2D eigenvalue weighted by Crippen LogP contribution is -2.22. The van der Waals surface area contributed by atoms with Gasteiger partial charge in [0.2, 0.25) is 0 Å². The van der Waals surface area contributed by atoms with Crippen LogP contribution in [0.4, 0.5) is 10.1 Å². The molecule has 1 atom stereocenters. The number of likely N-dealkylation sites (N-methyl/N-ethyl adjacent to an activating group) is 1. The normalized spacial score (nSPS) is 17.2. The van der Waals surface area contributed by atoms with Gasteiger partial charge in [-0.1, -0.05) is 0 Å². The topological polar surface area (TPSA) is 77.1 Å². The highest BCUT2D eigenvalue weighted by Crippen LogP contribution is 2.36. The van der Waals surface area contributed by atoms with Crippen LogP contribution in [0.25, 0.3) is 0 Å². The first kappa shape index (κ1) is 21.7. The molecule has 2 aromatic rings. The summed E-state index contributed by atoms with van der Waals surface area (Å²) >= 11 is 3.25. The van der Waals surface area contributed by atoms with Gasteiger partial charge in [-0.2, -0.15) is 0 Å². The van der Waals surface area contributed by atoms with E-state index in [-0.39, 0.29) is 28.2 Å². The third-order valence-electron chi connectivity index (χ3n) is 4.55. The van der Waals surface area contributed by atoms with Crippen molar-refractivity contribution in [3.05, 3.63) is 40.6 Å². The van der Waals surface area contributed by atoms with Crippen molar-refractivity contribution in [3.8, 4) is 17.2 Å². The van der Waals surface area contributed by atoms with Crippen LogP contribution in [0.1, 0.15) is 6.42 Å². The van der Waals surface area contributed by atoms with Crippen molar-refractivity contribution in [1.29, 1.82) is 0 Å². The van der Waals surface area contributed by atoms with Gasteiger partial charge in [-0.3, -0.25) is 4.72 Å². The molecule has 0 bridgehead atoms. The maximum Gasteiger partial charge on any atom is 0.263 e. The number of ether oxygens (including phenoxy) is 3. The molecule has 0 radical (unpaired) electrons. The van der Waals surface area contributed by atoms with Gasteiger partial charge in [0.15, 0.2) is 23.1 Å². The summed E-state index contributed by atoms with van der Waals surface area (Å²) in [4.78, 5) is 2.04. The second-order valence-electron chi connectivity index (χ2n) is 6.68. The van der Waals surface area contributed by atoms with Gasteiger partial charge in [0.05, 0.1) is 19.9 Å². The maximum absolute atomic E-state index is 14.2. The minimum Gasteiger partial charge on any atom is -0.493 e. The van der Waals surface area contributed by atoms with Gasteiger partial charge in [0, 0.05) is 29.7 Å². The standard InChI is InChI=1S/C19H22BrFN2O5S/c1-23-7-6-13(11-23)28-16-8-12(4-5-15(16)21)22-29(24,25)19-10-18(27-3)17(26-2)9-14(19)20/h4-5,8-10,13,22H,6-7,11H2,1-3H3/t13-/m1/s1. The van der Waals surface area contributed by atoms with E-state index >= 15 is 0 Å². The highest BCUT2D eigenvalue weighted by molar-refractivity contribution is 9.10. The van der Waals surface area contributed by atoms with Gasteiger partial charge in [-0.25, -0.2) is 12.8 Å². The Kier molecular flexibility index (Phi) is 6.55. The number of nitrogens with zero attached hydrogens (tertiary/aromatic N) is 1. The van der Waals surface area contributed by atoms with E-state index in [1.54, 1.807) is 0 Å². The zero-order valence-electron chi connectivity index (χ0n) is 16.2. The minimum absolute atomic E-state index is 0.0110. The Morgan fingerprint density at radius 2 is 1.83 bits per heavy atom. The quantitative estimate of drug-likeness (QED) is 0.642. The van der Waals surface area contributed by atoms with Gasteiger partial charge >= 0.3 is 0 Å². The summed E-state index contributed by atoms with van der Waals surface area (Å²) in [5, 5.41) is 0. The van der Waals surface area contributed by atoms with Crippen LogP contribution in [-0.4, -0.2) is 53.8 Å². The molecular weight excluding hydrogens is 467 g/mol. The summed E-state index contributed by atoms with van der Waals surface area (Å²) in [5.41, 5.74) is 0.189. The number of hydrogen-bond acceptors (Lipinski definition) is 6. The fourth-order valence-corrected chi connectivity index (χ4v) is 5.17. The first-order chi connectivity index (χ1) is 13.7. The maximum atomic E-state index is 14.2. The number of hydrogen-bond donors (Lipinski definition) is 1. The summed E-state index contributed by atoms with van der Waals surface area (Å²) < 4.78 is 58.8. The molecular formula is C19H22BrFN2O5S. The highest BCUT2D eigenvalue weighted by Gasteiger charge is 2.24. The van der Waals surface area contributed by atoms with Crippen LogP contribution in [0.3, 0.4) is 0 Å². The second kappa shape index (κ2) is 8.76. The van der Waals surface area contributed by atoms with Crippen LogP contribution >= 0.6 is 15.9 Å². The molecule has 1 fully saturated rings. The summed E-state index contributed by atoms with van der Waals surface area (Å²) in [5.74, 6) is 0.119. The number of halogens is 2. The number of likely N-dealkylation sites (tertiary alicyclic amines) is 1. The lowest BCUT2D eigenvalue weighted by Gasteiger charge is -2.16. The largest absolute Gasteiger partial charge is 0.493 e. The third-order valence-corrected chi connectivity index (χ3v) is 6.89. The molecule has 0 amide bonds. The van der Waals surface area contributed by atoms with Crippen molar-refractivity contribution in [2.24, 2.45) is 0 Å². The summed E-state index contributed by atoms with van der Waals surface area (Å²) in [6, 6.07) is 6.72. The van der Waals surface area contributed by atoms with E-state index in [2.05, 4.69) is 25.6 Å². The molecule has 1 N–H and O–H groups in total. The van der Waals surface area contributed by atoms with E-state index < -0.39 is 15.8 Å². The Bertz CT molecular complexity index is 1000. The molecule has 10 heteroatoms. The minimum atomic E-state index is -3.99. The van der Waals surface area contributed by atoms with Crippen LogP contribution in [-0.2, 0) is 10.0 Å². The first-order valence-corrected chi connectivity index (χ1v) is 11.1. The molecule has 0 aromatic heterocycles. The van der Waals surface area contributed by atoms with Crippen molar-refractivity contribution in [2.75, 3.05) is 39.1 Å². The molecule has 1 saturated heterocycles. The average Bonchev–Trinajstić information content (AvgIpc) is 3.08. The van der Waals surface area contributed by atoms with Crippen molar-refractivity contribution in [3.63, 3.8) is 0 Å². The number of benzene rings is 2. The Balaban J connectivity index is 1.86. The zero-order valence-corrected chi connectivity index (χ0v) is 18.6. The van der Waals surface area contributed by atoms with Crippen molar-refractivity contribution >= 4 is 31.6 Å².